The van der Waals surface area contributed by atoms with Crippen LogP contribution in [0.4, 0.5) is 5.82 Å². The molecule has 1 aliphatic rings. The second-order valence-electron chi connectivity index (χ2n) is 4.47. The second-order valence-corrected chi connectivity index (χ2v) is 9.30. The van der Waals surface area contributed by atoms with Crippen molar-refractivity contribution in [2.45, 2.75) is 17.4 Å². The summed E-state index contributed by atoms with van der Waals surface area (Å²) in [5.41, 5.74) is 0. The summed E-state index contributed by atoms with van der Waals surface area (Å²) in [5, 5.41) is 2.70. The van der Waals surface area contributed by atoms with Gasteiger partial charge in [0.15, 0.2) is 9.84 Å². The topological polar surface area (TPSA) is 105 Å². The van der Waals surface area contributed by atoms with E-state index < -0.39 is 25.9 Å². The number of nitrogens with one attached hydrogen (secondary N) is 2. The van der Waals surface area contributed by atoms with E-state index in [4.69, 9.17) is 0 Å². The van der Waals surface area contributed by atoms with Gasteiger partial charge < -0.3 is 5.32 Å². The molecule has 0 spiro atoms. The average Bonchev–Trinajstić information content (AvgIpc) is 2.68. The van der Waals surface area contributed by atoms with E-state index in [1.165, 1.54) is 12.3 Å². The summed E-state index contributed by atoms with van der Waals surface area (Å²) in [5.74, 6) is 0.0554. The Morgan fingerprint density at radius 1 is 1.45 bits per heavy atom. The van der Waals surface area contributed by atoms with Crippen LogP contribution in [-0.4, -0.2) is 46.4 Å². The van der Waals surface area contributed by atoms with Gasteiger partial charge in [0, 0.05) is 23.8 Å². The summed E-state index contributed by atoms with van der Waals surface area (Å²) in [7, 11) is -5.41. The number of hydrogen-bond donors (Lipinski definition) is 2. The number of anilines is 1. The van der Waals surface area contributed by atoms with E-state index in [2.05, 4.69) is 31.0 Å². The second kappa shape index (κ2) is 5.58. The van der Waals surface area contributed by atoms with Crippen LogP contribution >= 0.6 is 15.9 Å². The minimum absolute atomic E-state index is 0.00973. The van der Waals surface area contributed by atoms with Crippen LogP contribution < -0.4 is 10.0 Å². The van der Waals surface area contributed by atoms with E-state index in [1.54, 1.807) is 7.05 Å². The van der Waals surface area contributed by atoms with Gasteiger partial charge in [-0.05, 0) is 28.4 Å². The Bertz CT molecular complexity index is 718. The van der Waals surface area contributed by atoms with Crippen LogP contribution in [0.5, 0.6) is 0 Å². The van der Waals surface area contributed by atoms with Gasteiger partial charge in [0.2, 0.25) is 10.0 Å². The van der Waals surface area contributed by atoms with Crippen LogP contribution in [0, 0.1) is 0 Å². The van der Waals surface area contributed by atoms with Crippen molar-refractivity contribution in [3.63, 3.8) is 0 Å². The Morgan fingerprint density at radius 3 is 2.70 bits per heavy atom. The molecule has 1 atom stereocenters. The van der Waals surface area contributed by atoms with Crippen molar-refractivity contribution in [2.24, 2.45) is 0 Å². The molecule has 2 rings (SSSR count). The number of rotatable bonds is 4. The van der Waals surface area contributed by atoms with E-state index in [1.807, 2.05) is 0 Å². The molecule has 0 bridgehead atoms. The van der Waals surface area contributed by atoms with Crippen LogP contribution in [0.3, 0.4) is 0 Å². The van der Waals surface area contributed by atoms with Gasteiger partial charge in [-0.15, -0.1) is 0 Å². The van der Waals surface area contributed by atoms with E-state index in [-0.39, 0.29) is 28.6 Å². The minimum Gasteiger partial charge on any atom is -0.372 e. The van der Waals surface area contributed by atoms with Gasteiger partial charge in [0.1, 0.15) is 10.7 Å². The Morgan fingerprint density at radius 2 is 2.15 bits per heavy atom. The van der Waals surface area contributed by atoms with Crippen LogP contribution in [0.25, 0.3) is 0 Å². The lowest BCUT2D eigenvalue weighted by atomic mass is 10.3. The van der Waals surface area contributed by atoms with E-state index in [0.717, 1.165) is 0 Å². The molecule has 112 valence electrons. The highest BCUT2D eigenvalue weighted by Crippen LogP contribution is 2.23. The van der Waals surface area contributed by atoms with Crippen molar-refractivity contribution in [1.82, 2.24) is 9.71 Å². The van der Waals surface area contributed by atoms with Crippen LogP contribution in [-0.2, 0) is 19.9 Å². The molecule has 10 heteroatoms. The molecule has 2 N–H and O–H groups in total. The Labute approximate surface area is 126 Å². The molecule has 1 fully saturated rings. The molecule has 1 aromatic heterocycles. The number of hydrogen-bond acceptors (Lipinski definition) is 6. The monoisotopic (exact) mass is 383 g/mol. The fourth-order valence-corrected chi connectivity index (χ4v) is 5.70. The summed E-state index contributed by atoms with van der Waals surface area (Å²) >= 11 is 3.17. The molecule has 0 aromatic carbocycles. The lowest BCUT2D eigenvalue weighted by Gasteiger charge is -2.14. The van der Waals surface area contributed by atoms with Crippen molar-refractivity contribution in [1.29, 1.82) is 0 Å². The van der Waals surface area contributed by atoms with Gasteiger partial charge in [-0.25, -0.2) is 26.5 Å². The Hall–Kier alpha value is -0.710. The van der Waals surface area contributed by atoms with Crippen molar-refractivity contribution in [3.05, 3.63) is 16.7 Å². The lowest BCUT2D eigenvalue weighted by molar-refractivity contribution is 0.562. The fourth-order valence-electron chi connectivity index (χ4n) is 1.98. The summed E-state index contributed by atoms with van der Waals surface area (Å²) in [6, 6.07) is 0.832. The standard InChI is InChI=1S/C10H14BrN3O4S2/c1-12-10-9(4-7(11)5-13-10)20(17,18)14-8-2-3-19(15,16)6-8/h4-5,8,14H,2-3,6H2,1H3,(H,12,13). The predicted octanol–water partition coefficient (Wildman–Crippen LogP) is 0.351. The Balaban J connectivity index is 2.29. The van der Waals surface area contributed by atoms with Crippen LogP contribution in [0.2, 0.25) is 0 Å². The molecule has 1 aromatic rings. The first-order chi connectivity index (χ1) is 9.23. The normalized spacial score (nSPS) is 21.8. The maximum absolute atomic E-state index is 12.3. The van der Waals surface area contributed by atoms with Gasteiger partial charge in [0.25, 0.3) is 0 Å². The van der Waals surface area contributed by atoms with Crippen LogP contribution in [0.1, 0.15) is 6.42 Å². The molecule has 0 saturated carbocycles. The first-order valence-electron chi connectivity index (χ1n) is 5.79. The summed E-state index contributed by atoms with van der Waals surface area (Å²) < 4.78 is 50.3. The number of sulfone groups is 1. The summed E-state index contributed by atoms with van der Waals surface area (Å²) in [4.78, 5) is 3.96. The molecule has 7 nitrogen and oxygen atoms in total. The summed E-state index contributed by atoms with van der Waals surface area (Å²) in [6.45, 7) is 0. The summed E-state index contributed by atoms with van der Waals surface area (Å²) in [6.07, 6.45) is 1.77. The molecule has 0 amide bonds. The van der Waals surface area contributed by atoms with Gasteiger partial charge >= 0.3 is 0 Å². The Kier molecular flexibility index (Phi) is 4.38. The highest BCUT2D eigenvalue weighted by molar-refractivity contribution is 9.10. The third-order valence-corrected chi connectivity index (χ3v) is 6.64. The van der Waals surface area contributed by atoms with E-state index >= 15 is 0 Å². The van der Waals surface area contributed by atoms with Crippen molar-refractivity contribution >= 4 is 41.6 Å². The number of sulfonamides is 1. The highest BCUT2D eigenvalue weighted by atomic mass is 79.9. The molecular weight excluding hydrogens is 370 g/mol. The SMILES string of the molecule is CNc1ncc(Br)cc1S(=O)(=O)NC1CCS(=O)(=O)C1. The lowest BCUT2D eigenvalue weighted by Crippen LogP contribution is -2.36. The largest absolute Gasteiger partial charge is 0.372 e. The molecular formula is C10H14BrN3O4S2. The van der Waals surface area contributed by atoms with Gasteiger partial charge in [-0.1, -0.05) is 0 Å². The van der Waals surface area contributed by atoms with E-state index in [9.17, 15) is 16.8 Å². The highest BCUT2D eigenvalue weighted by Gasteiger charge is 2.32. The first-order valence-corrected chi connectivity index (χ1v) is 9.89. The smallest absolute Gasteiger partial charge is 0.244 e. The zero-order valence-electron chi connectivity index (χ0n) is 10.6. The molecule has 1 unspecified atom stereocenters. The fraction of sp³-hybridized carbons (Fsp3) is 0.500. The van der Waals surface area contributed by atoms with Gasteiger partial charge in [-0.2, -0.15) is 0 Å². The minimum atomic E-state index is -3.83. The zero-order chi connectivity index (χ0) is 15.0. The molecule has 2 heterocycles. The van der Waals surface area contributed by atoms with Gasteiger partial charge in [-0.3, -0.25) is 0 Å². The number of halogens is 1. The maximum Gasteiger partial charge on any atom is 0.244 e. The predicted molar refractivity (Wildman–Crippen MR) is 78.9 cm³/mol. The third-order valence-electron chi connectivity index (χ3n) is 2.90. The number of pyridine rings is 1. The average molecular weight is 384 g/mol. The molecule has 0 aliphatic carbocycles. The van der Waals surface area contributed by atoms with E-state index in [0.29, 0.717) is 4.47 Å². The van der Waals surface area contributed by atoms with Crippen molar-refractivity contribution in [2.75, 3.05) is 23.9 Å². The molecule has 1 aliphatic heterocycles. The molecule has 1 saturated heterocycles. The zero-order valence-corrected chi connectivity index (χ0v) is 13.8. The maximum atomic E-state index is 12.3. The number of nitrogens with zero attached hydrogens (tertiary/aromatic N) is 1. The van der Waals surface area contributed by atoms with Crippen LogP contribution in [0.15, 0.2) is 21.6 Å². The first kappa shape index (κ1) is 15.7. The third kappa shape index (κ3) is 3.48. The quantitative estimate of drug-likeness (QED) is 0.776. The van der Waals surface area contributed by atoms with Gasteiger partial charge in [0.05, 0.1) is 11.5 Å². The number of aromatic nitrogens is 1. The van der Waals surface area contributed by atoms with Crippen molar-refractivity contribution < 1.29 is 16.8 Å². The molecule has 0 radical (unpaired) electrons. The van der Waals surface area contributed by atoms with Crippen molar-refractivity contribution in [3.8, 4) is 0 Å². The molecule has 20 heavy (non-hydrogen) atoms.